The first kappa shape index (κ1) is 13.7. The van der Waals surface area contributed by atoms with Crippen LogP contribution >= 0.6 is 11.6 Å². The van der Waals surface area contributed by atoms with Crippen molar-refractivity contribution in [2.24, 2.45) is 0 Å². The van der Waals surface area contributed by atoms with Crippen LogP contribution in [0.5, 0.6) is 0 Å². The molecule has 0 aromatic carbocycles. The maximum absolute atomic E-state index is 11.5. The number of aromatic nitrogens is 1. The monoisotopic (exact) mass is 255 g/mol. The molecule has 0 fully saturated rings. The molecule has 1 rings (SSSR count). The Kier molecular flexibility index (Phi) is 5.66. The predicted molar refractivity (Wildman–Crippen MR) is 64.7 cm³/mol. The van der Waals surface area contributed by atoms with Gasteiger partial charge in [-0.15, -0.1) is 6.58 Å². The Balaban J connectivity index is 2.37. The normalized spacial score (nSPS) is 11.9. The van der Waals surface area contributed by atoms with E-state index in [0.29, 0.717) is 11.8 Å². The number of esters is 1. The number of carbonyl (C=O) groups excluding carboxylic acids is 1. The topological polar surface area (TPSA) is 48.4 Å². The summed E-state index contributed by atoms with van der Waals surface area (Å²) in [6.45, 7) is 5.60. The van der Waals surface area contributed by atoms with E-state index in [9.17, 15) is 4.79 Å². The molecule has 4 nitrogen and oxygen atoms in total. The van der Waals surface area contributed by atoms with Gasteiger partial charge < -0.3 is 9.47 Å². The highest BCUT2D eigenvalue weighted by Crippen LogP contribution is 2.07. The Labute approximate surface area is 105 Å². The first-order chi connectivity index (χ1) is 8.13. The standard InChI is InChI=1S/C12H14ClNO3/c1-3-6-16-9(2)12(15)17-8-10-4-5-11(13)14-7-10/h3-5,7,9H,1,6,8H2,2H3. The van der Waals surface area contributed by atoms with Gasteiger partial charge in [-0.1, -0.05) is 23.7 Å². The fraction of sp³-hybridized carbons (Fsp3) is 0.333. The largest absolute Gasteiger partial charge is 0.459 e. The van der Waals surface area contributed by atoms with Crippen molar-refractivity contribution in [3.63, 3.8) is 0 Å². The number of hydrogen-bond acceptors (Lipinski definition) is 4. The molecule has 1 aromatic heterocycles. The van der Waals surface area contributed by atoms with Gasteiger partial charge in [0.25, 0.3) is 0 Å². The molecule has 1 unspecified atom stereocenters. The zero-order valence-corrected chi connectivity index (χ0v) is 10.3. The van der Waals surface area contributed by atoms with Crippen molar-refractivity contribution >= 4 is 17.6 Å². The lowest BCUT2D eigenvalue weighted by Gasteiger charge is -2.11. The lowest BCUT2D eigenvalue weighted by Crippen LogP contribution is -2.23. The smallest absolute Gasteiger partial charge is 0.335 e. The number of rotatable bonds is 6. The van der Waals surface area contributed by atoms with Crippen LogP contribution in [0.1, 0.15) is 12.5 Å². The highest BCUT2D eigenvalue weighted by atomic mass is 35.5. The molecule has 0 aliphatic rings. The minimum absolute atomic E-state index is 0.158. The van der Waals surface area contributed by atoms with Crippen molar-refractivity contribution in [2.75, 3.05) is 6.61 Å². The average molecular weight is 256 g/mol. The summed E-state index contributed by atoms with van der Waals surface area (Å²) >= 11 is 5.63. The van der Waals surface area contributed by atoms with Gasteiger partial charge in [0.05, 0.1) is 6.61 Å². The Hall–Kier alpha value is -1.39. The van der Waals surface area contributed by atoms with E-state index < -0.39 is 12.1 Å². The van der Waals surface area contributed by atoms with Crippen molar-refractivity contribution in [3.8, 4) is 0 Å². The summed E-state index contributed by atoms with van der Waals surface area (Å²) in [7, 11) is 0. The van der Waals surface area contributed by atoms with Crippen LogP contribution in [0.2, 0.25) is 5.15 Å². The summed E-state index contributed by atoms with van der Waals surface area (Å²) in [6, 6.07) is 3.39. The molecule has 0 saturated carbocycles. The van der Waals surface area contributed by atoms with Gasteiger partial charge >= 0.3 is 5.97 Å². The molecule has 0 spiro atoms. The highest BCUT2D eigenvalue weighted by Gasteiger charge is 2.14. The molecule has 5 heteroatoms. The van der Waals surface area contributed by atoms with Crippen LogP contribution in [-0.4, -0.2) is 23.7 Å². The maximum Gasteiger partial charge on any atom is 0.335 e. The van der Waals surface area contributed by atoms with Crippen molar-refractivity contribution in [3.05, 3.63) is 41.7 Å². The molecular formula is C12H14ClNO3. The number of pyridine rings is 1. The lowest BCUT2D eigenvalue weighted by molar-refractivity contribution is -0.156. The Morgan fingerprint density at radius 1 is 1.65 bits per heavy atom. The van der Waals surface area contributed by atoms with Crippen LogP contribution in [0.15, 0.2) is 31.0 Å². The van der Waals surface area contributed by atoms with Crippen molar-refractivity contribution in [2.45, 2.75) is 19.6 Å². The molecule has 1 atom stereocenters. The third kappa shape index (κ3) is 4.97. The van der Waals surface area contributed by atoms with Gasteiger partial charge in [-0.05, 0) is 13.0 Å². The van der Waals surface area contributed by atoms with Crippen LogP contribution in [0, 0.1) is 0 Å². The molecule has 0 amide bonds. The predicted octanol–water partition coefficient (Wildman–Crippen LogP) is 2.37. The highest BCUT2D eigenvalue weighted by molar-refractivity contribution is 6.29. The average Bonchev–Trinajstić information content (AvgIpc) is 2.34. The number of ether oxygens (including phenoxy) is 2. The Morgan fingerprint density at radius 2 is 2.41 bits per heavy atom. The van der Waals surface area contributed by atoms with E-state index in [-0.39, 0.29) is 6.61 Å². The van der Waals surface area contributed by atoms with Crippen molar-refractivity contribution < 1.29 is 14.3 Å². The molecule has 0 saturated heterocycles. The van der Waals surface area contributed by atoms with Crippen LogP contribution in [0.4, 0.5) is 0 Å². The van der Waals surface area contributed by atoms with E-state index in [1.807, 2.05) is 0 Å². The van der Waals surface area contributed by atoms with Gasteiger partial charge in [0, 0.05) is 11.8 Å². The molecule has 92 valence electrons. The summed E-state index contributed by atoms with van der Waals surface area (Å²) in [4.78, 5) is 15.3. The van der Waals surface area contributed by atoms with Gasteiger partial charge in [-0.25, -0.2) is 9.78 Å². The molecule has 17 heavy (non-hydrogen) atoms. The fourth-order valence-corrected chi connectivity index (χ4v) is 1.16. The molecular weight excluding hydrogens is 242 g/mol. The van der Waals surface area contributed by atoms with Gasteiger partial charge in [-0.2, -0.15) is 0 Å². The summed E-state index contributed by atoms with van der Waals surface area (Å²) in [5.74, 6) is -0.415. The molecule has 1 aromatic rings. The number of nitrogens with zero attached hydrogens (tertiary/aromatic N) is 1. The molecule has 0 aliphatic heterocycles. The number of hydrogen-bond donors (Lipinski definition) is 0. The minimum Gasteiger partial charge on any atom is -0.459 e. The molecule has 0 aliphatic carbocycles. The molecule has 0 radical (unpaired) electrons. The number of carbonyl (C=O) groups is 1. The zero-order valence-electron chi connectivity index (χ0n) is 9.56. The molecule has 0 bridgehead atoms. The van der Waals surface area contributed by atoms with Gasteiger partial charge in [-0.3, -0.25) is 0 Å². The van der Waals surface area contributed by atoms with Crippen LogP contribution in [-0.2, 0) is 20.9 Å². The second kappa shape index (κ2) is 7.04. The Bertz CT molecular complexity index is 378. The summed E-state index contributed by atoms with van der Waals surface area (Å²) < 4.78 is 10.2. The van der Waals surface area contributed by atoms with E-state index in [1.54, 1.807) is 31.3 Å². The SMILES string of the molecule is C=CCOC(C)C(=O)OCc1ccc(Cl)nc1. The fourth-order valence-electron chi connectivity index (χ4n) is 1.04. The van der Waals surface area contributed by atoms with E-state index >= 15 is 0 Å². The van der Waals surface area contributed by atoms with Crippen LogP contribution < -0.4 is 0 Å². The summed E-state index contributed by atoms with van der Waals surface area (Å²) in [5.41, 5.74) is 0.777. The van der Waals surface area contributed by atoms with Gasteiger partial charge in [0.2, 0.25) is 0 Å². The van der Waals surface area contributed by atoms with Gasteiger partial charge in [0.1, 0.15) is 11.8 Å². The van der Waals surface area contributed by atoms with Crippen LogP contribution in [0.25, 0.3) is 0 Å². The third-order valence-electron chi connectivity index (χ3n) is 1.97. The van der Waals surface area contributed by atoms with E-state index in [2.05, 4.69) is 11.6 Å². The first-order valence-corrected chi connectivity index (χ1v) is 5.51. The second-order valence-corrected chi connectivity index (χ2v) is 3.75. The summed E-state index contributed by atoms with van der Waals surface area (Å²) in [5, 5.41) is 0.405. The van der Waals surface area contributed by atoms with Gasteiger partial charge in [0.15, 0.2) is 6.10 Å². The molecule has 0 N–H and O–H groups in total. The maximum atomic E-state index is 11.5. The molecule has 1 heterocycles. The summed E-state index contributed by atoms with van der Waals surface area (Å²) in [6.07, 6.45) is 2.53. The zero-order chi connectivity index (χ0) is 12.7. The third-order valence-corrected chi connectivity index (χ3v) is 2.19. The van der Waals surface area contributed by atoms with Crippen molar-refractivity contribution in [1.29, 1.82) is 0 Å². The van der Waals surface area contributed by atoms with E-state index in [1.165, 1.54) is 0 Å². The van der Waals surface area contributed by atoms with Crippen LogP contribution in [0.3, 0.4) is 0 Å². The van der Waals surface area contributed by atoms with E-state index in [4.69, 9.17) is 21.1 Å². The second-order valence-electron chi connectivity index (χ2n) is 3.36. The van der Waals surface area contributed by atoms with E-state index in [0.717, 1.165) is 5.56 Å². The quantitative estimate of drug-likeness (QED) is 0.445. The Morgan fingerprint density at radius 3 is 3.00 bits per heavy atom. The van der Waals surface area contributed by atoms with Crippen molar-refractivity contribution in [1.82, 2.24) is 4.98 Å². The minimum atomic E-state index is -0.603. The lowest BCUT2D eigenvalue weighted by atomic mass is 10.3. The number of halogens is 1. The first-order valence-electron chi connectivity index (χ1n) is 5.13.